The highest BCUT2D eigenvalue weighted by atomic mass is 16.4. The van der Waals surface area contributed by atoms with Crippen molar-refractivity contribution < 1.29 is 14.7 Å². The molecule has 1 amide bonds. The van der Waals surface area contributed by atoms with Crippen molar-refractivity contribution in [2.45, 2.75) is 26.7 Å². The molecular formula is C17H19N3O3. The molecule has 0 radical (unpaired) electrons. The van der Waals surface area contributed by atoms with Crippen LogP contribution in [0.25, 0.3) is 0 Å². The summed E-state index contributed by atoms with van der Waals surface area (Å²) in [6.07, 6.45) is 3.44. The molecule has 0 aliphatic carbocycles. The number of carbonyl (C=O) groups excluding carboxylic acids is 1. The highest BCUT2D eigenvalue weighted by Gasteiger charge is 2.50. The first-order valence-electron chi connectivity index (χ1n) is 7.51. The molecule has 3 rings (SSSR count). The maximum absolute atomic E-state index is 12.6. The van der Waals surface area contributed by atoms with Crippen LogP contribution >= 0.6 is 0 Å². The number of rotatable bonds is 4. The molecule has 0 spiro atoms. The van der Waals surface area contributed by atoms with Gasteiger partial charge in [-0.3, -0.25) is 9.59 Å². The Morgan fingerprint density at radius 2 is 2.09 bits per heavy atom. The minimum atomic E-state index is -1.15. The number of carboxylic acid groups (broad SMARTS) is 1. The second kappa shape index (κ2) is 5.53. The highest BCUT2D eigenvalue weighted by molar-refractivity contribution is 6.02. The minimum Gasteiger partial charge on any atom is -0.481 e. The van der Waals surface area contributed by atoms with Crippen molar-refractivity contribution in [2.24, 2.45) is 5.41 Å². The number of carboxylic acids is 1. The molecule has 1 aromatic carbocycles. The summed E-state index contributed by atoms with van der Waals surface area (Å²) in [7, 11) is 0. The lowest BCUT2D eigenvalue weighted by atomic mass is 9.83. The Bertz CT molecular complexity index is 734. The summed E-state index contributed by atoms with van der Waals surface area (Å²) in [5, 5.41) is 9.76. The molecule has 1 fully saturated rings. The molecule has 6 nitrogen and oxygen atoms in total. The predicted molar refractivity (Wildman–Crippen MR) is 85.2 cm³/mol. The lowest BCUT2D eigenvalue weighted by Gasteiger charge is -2.25. The predicted octanol–water partition coefficient (Wildman–Crippen LogP) is 2.08. The van der Waals surface area contributed by atoms with Crippen LogP contribution in [0.2, 0.25) is 0 Å². The number of aromatic nitrogens is 2. The van der Waals surface area contributed by atoms with Crippen LogP contribution < -0.4 is 4.90 Å². The minimum absolute atomic E-state index is 0.0171. The van der Waals surface area contributed by atoms with Crippen LogP contribution in [0.5, 0.6) is 0 Å². The zero-order chi connectivity index (χ0) is 16.6. The average molecular weight is 313 g/mol. The van der Waals surface area contributed by atoms with E-state index in [0.717, 1.165) is 16.8 Å². The maximum Gasteiger partial charge on any atom is 0.312 e. The van der Waals surface area contributed by atoms with E-state index in [1.807, 2.05) is 32.0 Å². The lowest BCUT2D eigenvalue weighted by molar-refractivity contribution is -0.148. The third-order valence-corrected chi connectivity index (χ3v) is 4.48. The first-order valence-corrected chi connectivity index (χ1v) is 7.51. The molecule has 1 aromatic heterocycles. The summed E-state index contributed by atoms with van der Waals surface area (Å²) in [5.74, 6) is -0.532. The van der Waals surface area contributed by atoms with E-state index in [1.165, 1.54) is 0 Å². The van der Waals surface area contributed by atoms with Crippen molar-refractivity contribution in [2.75, 3.05) is 11.4 Å². The molecule has 1 saturated heterocycles. The molecular weight excluding hydrogens is 294 g/mol. The standard InChI is InChI=1S/C17H19N3O3/c1-11-4-3-5-12(2)15(11)20-10-17(16(22)23,9-14(20)21)8-13-18-6-7-19-13/h3-7H,8-10H2,1-2H3,(H,18,19)(H,22,23). The second-order valence-electron chi connectivity index (χ2n) is 6.20. The van der Waals surface area contributed by atoms with Crippen LogP contribution in [0.3, 0.4) is 0 Å². The monoisotopic (exact) mass is 313 g/mol. The Morgan fingerprint density at radius 3 is 2.65 bits per heavy atom. The number of aliphatic carboxylic acids is 1. The number of nitrogens with one attached hydrogen (secondary N) is 1. The molecule has 1 unspecified atom stereocenters. The fourth-order valence-electron chi connectivity index (χ4n) is 3.32. The van der Waals surface area contributed by atoms with E-state index in [1.54, 1.807) is 17.3 Å². The fourth-order valence-corrected chi connectivity index (χ4v) is 3.32. The van der Waals surface area contributed by atoms with Crippen molar-refractivity contribution in [1.29, 1.82) is 0 Å². The quantitative estimate of drug-likeness (QED) is 0.905. The van der Waals surface area contributed by atoms with Gasteiger partial charge >= 0.3 is 5.97 Å². The van der Waals surface area contributed by atoms with E-state index >= 15 is 0 Å². The number of anilines is 1. The number of hydrogen-bond acceptors (Lipinski definition) is 3. The highest BCUT2D eigenvalue weighted by Crippen LogP contribution is 2.39. The van der Waals surface area contributed by atoms with Crippen molar-refractivity contribution in [3.05, 3.63) is 47.5 Å². The number of amides is 1. The Hall–Kier alpha value is -2.63. The summed E-state index contributed by atoms with van der Waals surface area (Å²) in [6, 6.07) is 5.80. The van der Waals surface area contributed by atoms with E-state index in [9.17, 15) is 14.7 Å². The van der Waals surface area contributed by atoms with Crippen molar-refractivity contribution in [3.63, 3.8) is 0 Å². The van der Waals surface area contributed by atoms with E-state index in [4.69, 9.17) is 0 Å². The van der Waals surface area contributed by atoms with E-state index in [2.05, 4.69) is 9.97 Å². The van der Waals surface area contributed by atoms with Crippen molar-refractivity contribution in [1.82, 2.24) is 9.97 Å². The van der Waals surface area contributed by atoms with E-state index in [0.29, 0.717) is 5.82 Å². The first-order chi connectivity index (χ1) is 10.9. The van der Waals surface area contributed by atoms with E-state index < -0.39 is 11.4 Å². The van der Waals surface area contributed by atoms with Gasteiger partial charge < -0.3 is 15.0 Å². The zero-order valence-electron chi connectivity index (χ0n) is 13.2. The summed E-state index contributed by atoms with van der Waals surface area (Å²) < 4.78 is 0. The fraction of sp³-hybridized carbons (Fsp3) is 0.353. The Labute approximate surface area is 134 Å². The SMILES string of the molecule is Cc1cccc(C)c1N1CC(Cc2ncc[nH]2)(C(=O)O)CC1=O. The molecule has 120 valence electrons. The molecule has 2 aromatic rings. The zero-order valence-corrected chi connectivity index (χ0v) is 13.2. The van der Waals surface area contributed by atoms with Gasteiger partial charge in [-0.25, -0.2) is 4.98 Å². The molecule has 23 heavy (non-hydrogen) atoms. The van der Waals surface area contributed by atoms with E-state index in [-0.39, 0.29) is 25.3 Å². The van der Waals surface area contributed by atoms with Crippen LogP contribution in [0.15, 0.2) is 30.6 Å². The molecule has 1 aliphatic heterocycles. The summed E-state index contributed by atoms with van der Waals surface area (Å²) in [4.78, 5) is 33.1. The van der Waals surface area contributed by atoms with Crippen LogP contribution in [0, 0.1) is 19.3 Å². The number of aromatic amines is 1. The van der Waals surface area contributed by atoms with Gasteiger partial charge in [0.1, 0.15) is 11.2 Å². The van der Waals surface area contributed by atoms with Crippen LogP contribution in [-0.4, -0.2) is 33.5 Å². The van der Waals surface area contributed by atoms with Gasteiger partial charge in [-0.15, -0.1) is 0 Å². The largest absolute Gasteiger partial charge is 0.481 e. The van der Waals surface area contributed by atoms with Gasteiger partial charge in [-0.1, -0.05) is 18.2 Å². The smallest absolute Gasteiger partial charge is 0.312 e. The average Bonchev–Trinajstić information content (AvgIpc) is 3.08. The number of carbonyl (C=O) groups is 2. The van der Waals surface area contributed by atoms with Gasteiger partial charge in [0.2, 0.25) is 5.91 Å². The van der Waals surface area contributed by atoms with Gasteiger partial charge in [0.05, 0.1) is 0 Å². The second-order valence-corrected chi connectivity index (χ2v) is 6.20. The molecule has 0 saturated carbocycles. The number of benzene rings is 1. The summed E-state index contributed by atoms with van der Waals surface area (Å²) >= 11 is 0. The number of para-hydroxylation sites is 1. The number of nitrogens with zero attached hydrogens (tertiary/aromatic N) is 2. The van der Waals surface area contributed by atoms with Gasteiger partial charge in [0.25, 0.3) is 0 Å². The molecule has 1 atom stereocenters. The first kappa shape index (κ1) is 15.3. The van der Waals surface area contributed by atoms with Gasteiger partial charge in [-0.05, 0) is 25.0 Å². The van der Waals surface area contributed by atoms with Crippen molar-refractivity contribution >= 4 is 17.6 Å². The molecule has 1 aliphatic rings. The Balaban J connectivity index is 1.97. The number of imidazole rings is 1. The van der Waals surface area contributed by atoms with Crippen molar-refractivity contribution in [3.8, 4) is 0 Å². The maximum atomic E-state index is 12.6. The lowest BCUT2D eigenvalue weighted by Crippen LogP contribution is -2.37. The van der Waals surface area contributed by atoms with Crippen LogP contribution in [0.1, 0.15) is 23.4 Å². The van der Waals surface area contributed by atoms with Gasteiger partial charge in [0.15, 0.2) is 0 Å². The van der Waals surface area contributed by atoms with Gasteiger partial charge in [0, 0.05) is 37.5 Å². The third kappa shape index (κ3) is 2.60. The number of hydrogen-bond donors (Lipinski definition) is 2. The van der Waals surface area contributed by atoms with Crippen LogP contribution in [-0.2, 0) is 16.0 Å². The molecule has 6 heteroatoms. The number of aryl methyl sites for hydroxylation is 2. The third-order valence-electron chi connectivity index (χ3n) is 4.48. The molecule has 0 bridgehead atoms. The molecule has 2 heterocycles. The summed E-state index contributed by atoms with van der Waals surface area (Å²) in [5.41, 5.74) is 1.61. The normalized spacial score (nSPS) is 21.0. The topological polar surface area (TPSA) is 86.3 Å². The Morgan fingerprint density at radius 1 is 1.39 bits per heavy atom. The van der Waals surface area contributed by atoms with Gasteiger partial charge in [-0.2, -0.15) is 0 Å². The summed E-state index contributed by atoms with van der Waals surface area (Å²) in [6.45, 7) is 4.03. The van der Waals surface area contributed by atoms with Crippen LogP contribution in [0.4, 0.5) is 5.69 Å². The number of H-pyrrole nitrogens is 1. The molecule has 2 N–H and O–H groups in total. The Kier molecular flexibility index (Phi) is 3.67.